The van der Waals surface area contributed by atoms with E-state index in [0.717, 1.165) is 32.1 Å². The molecule has 96 valence electrons. The van der Waals surface area contributed by atoms with Crippen LogP contribution in [0.15, 0.2) is 18.2 Å². The monoisotopic (exact) mass is 258 g/mol. The highest BCUT2D eigenvalue weighted by Gasteiger charge is 2.09. The molecule has 1 atom stereocenters. The van der Waals surface area contributed by atoms with Gasteiger partial charge < -0.3 is 4.74 Å². The molecule has 0 radical (unpaired) electrons. The number of halogens is 2. The Morgan fingerprint density at radius 1 is 1.35 bits per heavy atom. The highest BCUT2D eigenvalue weighted by molar-refractivity contribution is 6.20. The van der Waals surface area contributed by atoms with Crippen LogP contribution in [0.25, 0.3) is 0 Å². The van der Waals surface area contributed by atoms with Gasteiger partial charge in [0.25, 0.3) is 0 Å². The van der Waals surface area contributed by atoms with Crippen molar-refractivity contribution in [3.63, 3.8) is 0 Å². The van der Waals surface area contributed by atoms with Crippen molar-refractivity contribution in [2.24, 2.45) is 0 Å². The molecule has 0 aliphatic heterocycles. The number of benzene rings is 1. The second-order valence-electron chi connectivity index (χ2n) is 4.21. The van der Waals surface area contributed by atoms with Gasteiger partial charge in [-0.2, -0.15) is 0 Å². The van der Waals surface area contributed by atoms with E-state index in [0.29, 0.717) is 11.3 Å². The molecular weight excluding hydrogens is 239 g/mol. The zero-order valence-electron chi connectivity index (χ0n) is 10.5. The summed E-state index contributed by atoms with van der Waals surface area (Å²) in [5.41, 5.74) is 0.713. The predicted molar refractivity (Wildman–Crippen MR) is 70.4 cm³/mol. The van der Waals surface area contributed by atoms with Crippen LogP contribution in [-0.4, -0.2) is 12.5 Å². The maximum absolute atomic E-state index is 13.8. The van der Waals surface area contributed by atoms with Crippen LogP contribution in [0.2, 0.25) is 0 Å². The summed E-state index contributed by atoms with van der Waals surface area (Å²) in [6, 6.07) is 5.27. The summed E-state index contributed by atoms with van der Waals surface area (Å²) in [5, 5.41) is 0.216. The lowest BCUT2D eigenvalue weighted by Crippen LogP contribution is -2.00. The van der Waals surface area contributed by atoms with Gasteiger partial charge >= 0.3 is 0 Å². The molecule has 1 rings (SSSR count). The molecule has 1 aromatic rings. The first kappa shape index (κ1) is 14.3. The predicted octanol–water partition coefficient (Wildman–Crippen LogP) is 4.56. The highest BCUT2D eigenvalue weighted by atomic mass is 35.5. The van der Waals surface area contributed by atoms with Crippen molar-refractivity contribution in [2.45, 2.75) is 44.4 Å². The van der Waals surface area contributed by atoms with Crippen LogP contribution < -0.4 is 4.74 Å². The van der Waals surface area contributed by atoms with E-state index < -0.39 is 0 Å². The molecule has 0 aliphatic rings. The van der Waals surface area contributed by atoms with Crippen LogP contribution in [0.5, 0.6) is 5.75 Å². The summed E-state index contributed by atoms with van der Waals surface area (Å²) in [6.45, 7) is 2.12. The molecule has 17 heavy (non-hydrogen) atoms. The van der Waals surface area contributed by atoms with Gasteiger partial charge in [0.15, 0.2) is 11.6 Å². The Morgan fingerprint density at radius 3 is 2.76 bits per heavy atom. The van der Waals surface area contributed by atoms with Crippen LogP contribution in [0.3, 0.4) is 0 Å². The molecule has 0 saturated carbocycles. The number of aryl methyl sites for hydroxylation is 1. The molecule has 0 amide bonds. The van der Waals surface area contributed by atoms with Crippen molar-refractivity contribution in [2.75, 3.05) is 7.11 Å². The zero-order chi connectivity index (χ0) is 12.7. The normalized spacial score (nSPS) is 12.5. The SMILES string of the molecule is CCCC(Cl)CCCc1cccc(OC)c1F. The Kier molecular flexibility index (Phi) is 6.35. The van der Waals surface area contributed by atoms with Gasteiger partial charge in [0.1, 0.15) is 0 Å². The molecule has 1 aromatic carbocycles. The molecule has 0 spiro atoms. The second-order valence-corrected chi connectivity index (χ2v) is 4.83. The van der Waals surface area contributed by atoms with E-state index in [1.54, 1.807) is 12.1 Å². The molecular formula is C14H20ClFO. The molecule has 0 aliphatic carbocycles. The average Bonchev–Trinajstić information content (AvgIpc) is 2.32. The van der Waals surface area contributed by atoms with Crippen molar-refractivity contribution in [3.8, 4) is 5.75 Å². The molecule has 0 aromatic heterocycles. The third kappa shape index (κ3) is 4.55. The van der Waals surface area contributed by atoms with E-state index in [1.807, 2.05) is 6.07 Å². The van der Waals surface area contributed by atoms with Gasteiger partial charge in [0.2, 0.25) is 0 Å². The maximum atomic E-state index is 13.8. The Hall–Kier alpha value is -0.760. The Morgan fingerprint density at radius 2 is 2.12 bits per heavy atom. The van der Waals surface area contributed by atoms with Crippen LogP contribution in [-0.2, 0) is 6.42 Å². The summed E-state index contributed by atoms with van der Waals surface area (Å²) in [5.74, 6) is 0.0788. The van der Waals surface area contributed by atoms with E-state index in [1.165, 1.54) is 7.11 Å². The average molecular weight is 259 g/mol. The fraction of sp³-hybridized carbons (Fsp3) is 0.571. The Balaban J connectivity index is 2.46. The smallest absolute Gasteiger partial charge is 0.168 e. The van der Waals surface area contributed by atoms with Gasteiger partial charge in [0.05, 0.1) is 7.11 Å². The Labute approximate surface area is 108 Å². The van der Waals surface area contributed by atoms with Crippen LogP contribution in [0.1, 0.15) is 38.2 Å². The van der Waals surface area contributed by atoms with Gasteiger partial charge in [-0.25, -0.2) is 4.39 Å². The fourth-order valence-electron chi connectivity index (χ4n) is 1.88. The lowest BCUT2D eigenvalue weighted by atomic mass is 10.0. The molecule has 3 heteroatoms. The number of methoxy groups -OCH3 is 1. The third-order valence-electron chi connectivity index (χ3n) is 2.83. The lowest BCUT2D eigenvalue weighted by molar-refractivity contribution is 0.384. The van der Waals surface area contributed by atoms with Crippen molar-refractivity contribution >= 4 is 11.6 Å². The number of hydrogen-bond acceptors (Lipinski definition) is 1. The van der Waals surface area contributed by atoms with Gasteiger partial charge in [-0.15, -0.1) is 11.6 Å². The summed E-state index contributed by atoms with van der Waals surface area (Å²) < 4.78 is 18.7. The molecule has 0 N–H and O–H groups in total. The Bertz CT molecular complexity index is 341. The molecule has 1 unspecified atom stereocenters. The molecule has 0 bridgehead atoms. The number of hydrogen-bond donors (Lipinski definition) is 0. The van der Waals surface area contributed by atoms with Crippen molar-refractivity contribution in [3.05, 3.63) is 29.6 Å². The van der Waals surface area contributed by atoms with E-state index in [4.69, 9.17) is 16.3 Å². The molecule has 0 fully saturated rings. The first-order valence-corrected chi connectivity index (χ1v) is 6.58. The van der Waals surface area contributed by atoms with Gasteiger partial charge in [-0.3, -0.25) is 0 Å². The minimum atomic E-state index is -0.239. The van der Waals surface area contributed by atoms with Crippen molar-refractivity contribution in [1.82, 2.24) is 0 Å². The molecule has 1 nitrogen and oxygen atoms in total. The van der Waals surface area contributed by atoms with Crippen molar-refractivity contribution < 1.29 is 9.13 Å². The van der Waals surface area contributed by atoms with Gasteiger partial charge in [-0.1, -0.05) is 25.5 Å². The van der Waals surface area contributed by atoms with E-state index in [-0.39, 0.29) is 11.2 Å². The first-order chi connectivity index (χ1) is 8.19. The minimum absolute atomic E-state index is 0.216. The van der Waals surface area contributed by atoms with E-state index in [9.17, 15) is 4.39 Å². The van der Waals surface area contributed by atoms with Crippen molar-refractivity contribution in [1.29, 1.82) is 0 Å². The van der Waals surface area contributed by atoms with E-state index >= 15 is 0 Å². The van der Waals surface area contributed by atoms with Gasteiger partial charge in [-0.05, 0) is 37.3 Å². The summed E-state index contributed by atoms with van der Waals surface area (Å²) in [7, 11) is 1.48. The molecule has 0 heterocycles. The fourth-order valence-corrected chi connectivity index (χ4v) is 2.25. The number of ether oxygens (including phenoxy) is 1. The van der Waals surface area contributed by atoms with Gasteiger partial charge in [0, 0.05) is 5.38 Å². The standard InChI is InChI=1S/C14H20ClFO/c1-3-6-12(15)9-4-7-11-8-5-10-13(17-2)14(11)16/h5,8,10,12H,3-4,6-7,9H2,1-2H3. The van der Waals surface area contributed by atoms with Crippen LogP contribution in [0, 0.1) is 5.82 Å². The first-order valence-electron chi connectivity index (χ1n) is 6.14. The largest absolute Gasteiger partial charge is 0.494 e. The summed E-state index contributed by atoms with van der Waals surface area (Å²) >= 11 is 6.13. The zero-order valence-corrected chi connectivity index (χ0v) is 11.3. The quantitative estimate of drug-likeness (QED) is 0.651. The lowest BCUT2D eigenvalue weighted by Gasteiger charge is -2.09. The number of rotatable bonds is 7. The minimum Gasteiger partial charge on any atom is -0.494 e. The third-order valence-corrected chi connectivity index (χ3v) is 3.26. The number of alkyl halides is 1. The maximum Gasteiger partial charge on any atom is 0.168 e. The summed E-state index contributed by atoms with van der Waals surface area (Å²) in [6.07, 6.45) is 4.70. The topological polar surface area (TPSA) is 9.23 Å². The molecule has 0 saturated heterocycles. The van der Waals surface area contributed by atoms with Crippen LogP contribution >= 0.6 is 11.6 Å². The van der Waals surface area contributed by atoms with E-state index in [2.05, 4.69) is 6.92 Å². The van der Waals surface area contributed by atoms with Crippen LogP contribution in [0.4, 0.5) is 4.39 Å². The summed E-state index contributed by atoms with van der Waals surface area (Å²) in [4.78, 5) is 0. The highest BCUT2D eigenvalue weighted by Crippen LogP contribution is 2.22. The second kappa shape index (κ2) is 7.54.